The van der Waals surface area contributed by atoms with E-state index >= 15 is 0 Å². The zero-order chi connectivity index (χ0) is 13.7. The van der Waals surface area contributed by atoms with Crippen molar-refractivity contribution >= 4 is 0 Å². The maximum absolute atomic E-state index is 4.60. The number of aryl methyl sites for hydroxylation is 2. The number of nitrogens with zero attached hydrogens (tertiary/aromatic N) is 2. The van der Waals surface area contributed by atoms with Crippen LogP contribution < -0.4 is 5.32 Å². The lowest BCUT2D eigenvalue weighted by Crippen LogP contribution is -2.46. The SMILES string of the molecule is CCCC1(Cc2cc(CC)nn2C)CCCCCN1. The number of hydrogen-bond acceptors (Lipinski definition) is 2. The number of aromatic nitrogens is 2. The topological polar surface area (TPSA) is 29.9 Å². The molecular formula is C16H29N3. The Labute approximate surface area is 117 Å². The minimum atomic E-state index is 0.310. The second kappa shape index (κ2) is 6.56. The highest BCUT2D eigenvalue weighted by molar-refractivity contribution is 5.14. The third-order valence-corrected chi connectivity index (χ3v) is 4.47. The molecule has 1 fully saturated rings. The van der Waals surface area contributed by atoms with Crippen molar-refractivity contribution in [3.05, 3.63) is 17.5 Å². The minimum Gasteiger partial charge on any atom is -0.311 e. The Hall–Kier alpha value is -0.830. The molecule has 1 atom stereocenters. The van der Waals surface area contributed by atoms with Crippen LogP contribution in [-0.4, -0.2) is 21.9 Å². The van der Waals surface area contributed by atoms with E-state index in [0.717, 1.165) is 12.8 Å². The maximum atomic E-state index is 4.60. The summed E-state index contributed by atoms with van der Waals surface area (Å²) in [5.41, 5.74) is 2.92. The molecule has 2 rings (SSSR count). The van der Waals surface area contributed by atoms with E-state index in [2.05, 4.69) is 42.1 Å². The molecule has 19 heavy (non-hydrogen) atoms. The van der Waals surface area contributed by atoms with Gasteiger partial charge in [0.05, 0.1) is 5.69 Å². The third-order valence-electron chi connectivity index (χ3n) is 4.47. The predicted molar refractivity (Wildman–Crippen MR) is 80.4 cm³/mol. The molecule has 0 radical (unpaired) electrons. The molecule has 0 saturated carbocycles. The molecule has 1 aliphatic rings. The van der Waals surface area contributed by atoms with Crippen molar-refractivity contribution in [1.82, 2.24) is 15.1 Å². The van der Waals surface area contributed by atoms with Crippen molar-refractivity contribution in [3.63, 3.8) is 0 Å². The van der Waals surface area contributed by atoms with Gasteiger partial charge in [0.25, 0.3) is 0 Å². The Kier molecular flexibility index (Phi) is 5.03. The monoisotopic (exact) mass is 263 g/mol. The molecule has 1 aromatic heterocycles. The van der Waals surface area contributed by atoms with E-state index in [1.807, 2.05) is 0 Å². The molecule has 108 valence electrons. The van der Waals surface area contributed by atoms with Crippen LogP contribution >= 0.6 is 0 Å². The van der Waals surface area contributed by atoms with Crippen molar-refractivity contribution in [2.75, 3.05) is 6.54 Å². The summed E-state index contributed by atoms with van der Waals surface area (Å²) in [6, 6.07) is 2.30. The first kappa shape index (κ1) is 14.6. The quantitative estimate of drug-likeness (QED) is 0.884. The summed E-state index contributed by atoms with van der Waals surface area (Å²) in [6.07, 6.45) is 10.1. The summed E-state index contributed by atoms with van der Waals surface area (Å²) in [5, 5.41) is 8.46. The molecule has 1 saturated heterocycles. The fourth-order valence-electron chi connectivity index (χ4n) is 3.39. The molecule has 1 unspecified atom stereocenters. The average Bonchev–Trinajstić information content (AvgIpc) is 2.61. The second-order valence-corrected chi connectivity index (χ2v) is 6.05. The lowest BCUT2D eigenvalue weighted by Gasteiger charge is -2.34. The van der Waals surface area contributed by atoms with Crippen LogP contribution in [0.5, 0.6) is 0 Å². The molecule has 0 aromatic carbocycles. The molecular weight excluding hydrogens is 234 g/mol. The van der Waals surface area contributed by atoms with Crippen LogP contribution in [0.15, 0.2) is 6.07 Å². The van der Waals surface area contributed by atoms with Crippen molar-refractivity contribution in [2.45, 2.75) is 70.8 Å². The van der Waals surface area contributed by atoms with Gasteiger partial charge in [0, 0.05) is 24.7 Å². The van der Waals surface area contributed by atoms with E-state index in [9.17, 15) is 0 Å². The molecule has 0 spiro atoms. The molecule has 1 aromatic rings. The van der Waals surface area contributed by atoms with Crippen LogP contribution in [0.3, 0.4) is 0 Å². The lowest BCUT2D eigenvalue weighted by molar-refractivity contribution is 0.283. The van der Waals surface area contributed by atoms with Gasteiger partial charge in [-0.15, -0.1) is 0 Å². The molecule has 0 aliphatic carbocycles. The van der Waals surface area contributed by atoms with Gasteiger partial charge in [0.15, 0.2) is 0 Å². The van der Waals surface area contributed by atoms with Gasteiger partial charge in [0.1, 0.15) is 0 Å². The summed E-state index contributed by atoms with van der Waals surface area (Å²) in [5.74, 6) is 0. The summed E-state index contributed by atoms with van der Waals surface area (Å²) in [4.78, 5) is 0. The van der Waals surface area contributed by atoms with Crippen molar-refractivity contribution < 1.29 is 0 Å². The van der Waals surface area contributed by atoms with Crippen LogP contribution in [0.4, 0.5) is 0 Å². The summed E-state index contributed by atoms with van der Waals surface area (Å²) >= 11 is 0. The Morgan fingerprint density at radius 1 is 1.32 bits per heavy atom. The van der Waals surface area contributed by atoms with Crippen LogP contribution in [0.25, 0.3) is 0 Å². The summed E-state index contributed by atoms with van der Waals surface area (Å²) in [7, 11) is 2.09. The van der Waals surface area contributed by atoms with Crippen LogP contribution in [0.1, 0.15) is 63.8 Å². The van der Waals surface area contributed by atoms with Gasteiger partial charge in [-0.1, -0.05) is 33.1 Å². The highest BCUT2D eigenvalue weighted by Gasteiger charge is 2.30. The minimum absolute atomic E-state index is 0.310. The van der Waals surface area contributed by atoms with E-state index in [-0.39, 0.29) is 0 Å². The zero-order valence-corrected chi connectivity index (χ0v) is 12.8. The molecule has 3 nitrogen and oxygen atoms in total. The molecule has 1 N–H and O–H groups in total. The zero-order valence-electron chi connectivity index (χ0n) is 12.8. The Morgan fingerprint density at radius 3 is 2.84 bits per heavy atom. The Bertz CT molecular complexity index is 387. The molecule has 1 aliphatic heterocycles. The van der Waals surface area contributed by atoms with Gasteiger partial charge in [-0.25, -0.2) is 0 Å². The van der Waals surface area contributed by atoms with Crippen molar-refractivity contribution in [3.8, 4) is 0 Å². The Morgan fingerprint density at radius 2 is 2.16 bits per heavy atom. The van der Waals surface area contributed by atoms with Gasteiger partial charge in [-0.3, -0.25) is 4.68 Å². The van der Waals surface area contributed by atoms with E-state index in [0.29, 0.717) is 5.54 Å². The van der Waals surface area contributed by atoms with E-state index < -0.39 is 0 Å². The largest absolute Gasteiger partial charge is 0.311 e. The van der Waals surface area contributed by atoms with Crippen LogP contribution in [0, 0.1) is 0 Å². The normalized spacial score (nSPS) is 24.4. The predicted octanol–water partition coefficient (Wildman–Crippen LogP) is 3.23. The van der Waals surface area contributed by atoms with E-state index in [1.165, 1.54) is 56.5 Å². The number of hydrogen-bond donors (Lipinski definition) is 1. The fourth-order valence-corrected chi connectivity index (χ4v) is 3.39. The van der Waals surface area contributed by atoms with Gasteiger partial charge in [0.2, 0.25) is 0 Å². The van der Waals surface area contributed by atoms with Gasteiger partial charge >= 0.3 is 0 Å². The lowest BCUT2D eigenvalue weighted by atomic mass is 9.84. The third kappa shape index (κ3) is 3.59. The first-order chi connectivity index (χ1) is 9.19. The molecule has 2 heterocycles. The van der Waals surface area contributed by atoms with E-state index in [4.69, 9.17) is 0 Å². The number of rotatable bonds is 5. The van der Waals surface area contributed by atoms with Gasteiger partial charge < -0.3 is 5.32 Å². The smallest absolute Gasteiger partial charge is 0.0624 e. The first-order valence-corrected chi connectivity index (χ1v) is 7.96. The molecule has 0 bridgehead atoms. The standard InChI is InChI=1S/C16H29N3/c1-4-9-16(10-7-6-8-11-17-16)13-15-12-14(5-2)18-19(15)3/h12,17H,4-11,13H2,1-3H3. The maximum Gasteiger partial charge on any atom is 0.0624 e. The second-order valence-electron chi connectivity index (χ2n) is 6.05. The fraction of sp³-hybridized carbons (Fsp3) is 0.812. The first-order valence-electron chi connectivity index (χ1n) is 7.96. The molecule has 3 heteroatoms. The summed E-state index contributed by atoms with van der Waals surface area (Å²) < 4.78 is 2.09. The highest BCUT2D eigenvalue weighted by Crippen LogP contribution is 2.28. The van der Waals surface area contributed by atoms with E-state index in [1.54, 1.807) is 0 Å². The van der Waals surface area contributed by atoms with Crippen LogP contribution in [-0.2, 0) is 19.9 Å². The van der Waals surface area contributed by atoms with Crippen LogP contribution in [0.2, 0.25) is 0 Å². The van der Waals surface area contributed by atoms with Gasteiger partial charge in [-0.2, -0.15) is 5.10 Å². The summed E-state index contributed by atoms with van der Waals surface area (Å²) in [6.45, 7) is 5.66. The van der Waals surface area contributed by atoms with Gasteiger partial charge in [-0.05, 0) is 38.3 Å². The van der Waals surface area contributed by atoms with Crippen molar-refractivity contribution in [2.24, 2.45) is 7.05 Å². The molecule has 0 amide bonds. The Balaban J connectivity index is 2.16. The average molecular weight is 263 g/mol. The van der Waals surface area contributed by atoms with Crippen molar-refractivity contribution in [1.29, 1.82) is 0 Å². The highest BCUT2D eigenvalue weighted by atomic mass is 15.3. The number of nitrogens with one attached hydrogen (secondary N) is 1.